The van der Waals surface area contributed by atoms with Crippen molar-refractivity contribution in [3.8, 4) is 0 Å². The van der Waals surface area contributed by atoms with Gasteiger partial charge in [-0.15, -0.1) is 22.7 Å². The first-order chi connectivity index (χ1) is 21.1. The van der Waals surface area contributed by atoms with E-state index in [0.29, 0.717) is 23.1 Å². The molecule has 0 aliphatic carbocycles. The fraction of sp³-hybridized carbons (Fsp3) is 0.621. The Hall–Kier alpha value is -3.27. The van der Waals surface area contributed by atoms with Gasteiger partial charge in [0.2, 0.25) is 23.6 Å². The third-order valence-electron chi connectivity index (χ3n) is 9.10. The molecule has 0 saturated carbocycles. The van der Waals surface area contributed by atoms with Crippen LogP contribution in [0.2, 0.25) is 0 Å². The third kappa shape index (κ3) is 5.89. The summed E-state index contributed by atoms with van der Waals surface area (Å²) in [5, 5.41) is 10.9. The van der Waals surface area contributed by atoms with Gasteiger partial charge in [-0.1, -0.05) is 0 Å². The molecule has 4 aliphatic rings. The second-order valence-electron chi connectivity index (χ2n) is 12.7. The molecule has 2 N–H and O–H groups in total. The van der Waals surface area contributed by atoms with Crippen LogP contribution in [0.25, 0.3) is 0 Å². The Morgan fingerprint density at radius 3 is 1.52 bits per heavy atom. The Labute approximate surface area is 264 Å². The number of nitrogens with one attached hydrogen (secondary N) is 2. The average molecular weight is 643 g/mol. The Balaban J connectivity index is 1.17. The van der Waals surface area contributed by atoms with Crippen LogP contribution in [0.1, 0.15) is 39.5 Å². The zero-order valence-electron chi connectivity index (χ0n) is 25.0. The van der Waals surface area contributed by atoms with E-state index in [1.807, 2.05) is 0 Å². The van der Waals surface area contributed by atoms with Gasteiger partial charge >= 0.3 is 0 Å². The highest BCUT2D eigenvalue weighted by Crippen LogP contribution is 2.42. The summed E-state index contributed by atoms with van der Waals surface area (Å²) in [4.78, 5) is 82.9. The van der Waals surface area contributed by atoms with Crippen LogP contribution in [-0.4, -0.2) is 114 Å². The van der Waals surface area contributed by atoms with Crippen molar-refractivity contribution in [1.29, 1.82) is 0 Å². The van der Waals surface area contributed by atoms with Crippen molar-refractivity contribution in [2.24, 2.45) is 10.8 Å². The smallest absolute Gasteiger partial charge is 0.246 e. The molecule has 15 heteroatoms. The predicted molar refractivity (Wildman–Crippen MR) is 165 cm³/mol. The lowest BCUT2D eigenvalue weighted by Gasteiger charge is -2.55. The average Bonchev–Trinajstić information content (AvgIpc) is 3.83. The molecule has 2 bridgehead atoms. The van der Waals surface area contributed by atoms with Crippen LogP contribution in [0.5, 0.6) is 0 Å². The number of hydrogen-bond donors (Lipinski definition) is 2. The van der Waals surface area contributed by atoms with Crippen LogP contribution in [-0.2, 0) is 24.0 Å². The maximum absolute atomic E-state index is 13.8. The number of carbonyl (C=O) groups excluding carboxylic acids is 5. The number of hydrogen-bond acceptors (Lipinski definition) is 11. The van der Waals surface area contributed by atoms with Crippen LogP contribution >= 0.6 is 22.7 Å². The van der Waals surface area contributed by atoms with E-state index in [9.17, 15) is 24.0 Å². The maximum atomic E-state index is 13.8. The monoisotopic (exact) mass is 642 g/mol. The fourth-order valence-electron chi connectivity index (χ4n) is 7.08. The van der Waals surface area contributed by atoms with Crippen LogP contribution in [0.3, 0.4) is 0 Å². The van der Waals surface area contributed by atoms with E-state index < -0.39 is 10.8 Å². The summed E-state index contributed by atoms with van der Waals surface area (Å²) >= 11 is 2.60. The van der Waals surface area contributed by atoms with Gasteiger partial charge in [-0.05, 0) is 52.6 Å². The molecule has 236 valence electrons. The molecule has 0 aromatic carbocycles. The van der Waals surface area contributed by atoms with Crippen molar-refractivity contribution >= 4 is 62.3 Å². The van der Waals surface area contributed by atoms with E-state index >= 15 is 0 Å². The number of amides is 4. The number of thiazole rings is 2. The van der Waals surface area contributed by atoms with E-state index in [0.717, 1.165) is 25.9 Å². The molecule has 0 radical (unpaired) electrons. The second kappa shape index (κ2) is 12.3. The number of carbonyl (C=O) groups is 5. The lowest BCUT2D eigenvalue weighted by molar-refractivity contribution is -0.166. The lowest BCUT2D eigenvalue weighted by atomic mass is 9.64. The van der Waals surface area contributed by atoms with Gasteiger partial charge in [0.05, 0.1) is 22.9 Å². The molecule has 6 rings (SSSR count). The van der Waals surface area contributed by atoms with Crippen LogP contribution in [0, 0.1) is 10.8 Å². The highest BCUT2D eigenvalue weighted by molar-refractivity contribution is 7.14. The van der Waals surface area contributed by atoms with E-state index in [1.165, 1.54) is 32.5 Å². The predicted octanol–water partition coefficient (Wildman–Crippen LogP) is 0.736. The number of anilines is 2. The first kappa shape index (κ1) is 30.7. The third-order valence-corrected chi connectivity index (χ3v) is 10.7. The van der Waals surface area contributed by atoms with Crippen molar-refractivity contribution in [3.05, 3.63) is 23.2 Å². The Morgan fingerprint density at radius 1 is 0.795 bits per heavy atom. The van der Waals surface area contributed by atoms with Crippen molar-refractivity contribution in [1.82, 2.24) is 30.4 Å². The van der Waals surface area contributed by atoms with Gasteiger partial charge < -0.3 is 20.4 Å². The molecule has 2 aromatic heterocycles. The van der Waals surface area contributed by atoms with Gasteiger partial charge in [0.1, 0.15) is 13.1 Å². The first-order valence-corrected chi connectivity index (χ1v) is 16.8. The number of piperidine rings is 2. The molecule has 0 spiro atoms. The minimum atomic E-state index is -0.997. The van der Waals surface area contributed by atoms with E-state index in [-0.39, 0.29) is 80.8 Å². The summed E-state index contributed by atoms with van der Waals surface area (Å²) in [7, 11) is 0. The summed E-state index contributed by atoms with van der Waals surface area (Å²) in [5.74, 6) is -0.869. The van der Waals surface area contributed by atoms with Crippen molar-refractivity contribution in [2.75, 3.05) is 62.2 Å². The van der Waals surface area contributed by atoms with Gasteiger partial charge in [-0.25, -0.2) is 9.97 Å². The van der Waals surface area contributed by atoms with Gasteiger partial charge in [-0.2, -0.15) is 0 Å². The Bertz CT molecular complexity index is 1290. The van der Waals surface area contributed by atoms with E-state index in [4.69, 9.17) is 0 Å². The van der Waals surface area contributed by atoms with Crippen LogP contribution < -0.4 is 20.4 Å². The summed E-state index contributed by atoms with van der Waals surface area (Å²) < 4.78 is 0. The van der Waals surface area contributed by atoms with Gasteiger partial charge in [-0.3, -0.25) is 33.8 Å². The maximum Gasteiger partial charge on any atom is 0.246 e. The molecule has 6 heterocycles. The summed E-state index contributed by atoms with van der Waals surface area (Å²) in [6, 6.07) is -0.715. The molecule has 2 atom stereocenters. The number of ketones is 1. The molecule has 4 amide bonds. The standard InChI is InChI=1S/C29H38N8O5S2/c1-28-15-34(21(38)13-36(26-32-9-11-43-26)23(40)19-5-3-7-30-19)17-29(2,25(28)42)18-35(16-28)22(39)14-37(27-33-10-12-44-27)24(41)20-6-4-8-31-20/h9-12,19-20,30-31H,3-8,13-18H2,1-2H3/t19-,20-,28?,29?/m0/s1. The summed E-state index contributed by atoms with van der Waals surface area (Å²) in [6.07, 6.45) is 6.41. The lowest BCUT2D eigenvalue weighted by Crippen LogP contribution is -2.70. The quantitative estimate of drug-likeness (QED) is 0.425. The second-order valence-corrected chi connectivity index (χ2v) is 14.5. The number of fused-ring (bicyclic) bond motifs is 2. The van der Waals surface area contributed by atoms with Crippen LogP contribution in [0.15, 0.2) is 23.2 Å². The summed E-state index contributed by atoms with van der Waals surface area (Å²) in [6.45, 7) is 5.28. The van der Waals surface area contributed by atoms with Gasteiger partial charge in [0.15, 0.2) is 16.0 Å². The zero-order valence-corrected chi connectivity index (χ0v) is 26.6. The van der Waals surface area contributed by atoms with Crippen LogP contribution in [0.4, 0.5) is 10.3 Å². The van der Waals surface area contributed by atoms with Crippen molar-refractivity contribution in [3.63, 3.8) is 0 Å². The summed E-state index contributed by atoms with van der Waals surface area (Å²) in [5.41, 5.74) is -1.99. The van der Waals surface area contributed by atoms with Gasteiger partial charge in [0, 0.05) is 49.3 Å². The number of rotatable bonds is 8. The minimum absolute atomic E-state index is 0.0177. The largest absolute Gasteiger partial charge is 0.339 e. The van der Waals surface area contributed by atoms with E-state index in [2.05, 4.69) is 20.6 Å². The number of Topliss-reactive ketones (excluding diaryl/α,β-unsaturated/α-hetero) is 1. The molecule has 4 saturated heterocycles. The molecule has 4 aliphatic heterocycles. The van der Waals surface area contributed by atoms with Crippen molar-refractivity contribution < 1.29 is 24.0 Å². The molecule has 2 aromatic rings. The molecular weight excluding hydrogens is 605 g/mol. The van der Waals surface area contributed by atoms with Crippen molar-refractivity contribution in [2.45, 2.75) is 51.6 Å². The molecule has 4 fully saturated rings. The molecule has 13 nitrogen and oxygen atoms in total. The fourth-order valence-corrected chi connectivity index (χ4v) is 8.37. The molecular formula is C29H38N8O5S2. The number of nitrogens with zero attached hydrogens (tertiary/aromatic N) is 6. The molecule has 44 heavy (non-hydrogen) atoms. The topological polar surface area (TPSA) is 148 Å². The Morgan fingerprint density at radius 2 is 1.20 bits per heavy atom. The normalized spacial score (nSPS) is 28.3. The highest BCUT2D eigenvalue weighted by Gasteiger charge is 2.57. The number of aromatic nitrogens is 2. The minimum Gasteiger partial charge on any atom is -0.339 e. The van der Waals surface area contributed by atoms with E-state index in [1.54, 1.807) is 46.8 Å². The van der Waals surface area contributed by atoms with Gasteiger partial charge in [0.25, 0.3) is 0 Å². The zero-order chi connectivity index (χ0) is 31.1. The Kier molecular flexibility index (Phi) is 8.56. The highest BCUT2D eigenvalue weighted by atomic mass is 32.1. The first-order valence-electron chi connectivity index (χ1n) is 15.1. The molecule has 0 unspecified atom stereocenters. The SMILES string of the molecule is CC12CN(C(=O)CN(C(=O)[C@@H]3CCCN3)c3nccs3)CC(C)(CN(C(=O)CN(C(=O)[C@@H]3CCCN3)c3nccs3)C1)C2=O. The number of likely N-dealkylation sites (tertiary alicyclic amines) is 2.